The van der Waals surface area contributed by atoms with Crippen LogP contribution in [0.5, 0.6) is 0 Å². The van der Waals surface area contributed by atoms with Crippen LogP contribution in [0.3, 0.4) is 0 Å². The summed E-state index contributed by atoms with van der Waals surface area (Å²) in [6.07, 6.45) is 4.29. The van der Waals surface area contributed by atoms with Gasteiger partial charge in [0.15, 0.2) is 0 Å². The van der Waals surface area contributed by atoms with Gasteiger partial charge in [-0.1, -0.05) is 17.7 Å². The fraction of sp³-hybridized carbons (Fsp3) is 0.462. The van der Waals surface area contributed by atoms with E-state index in [-0.39, 0.29) is 10.8 Å². The average molecular weight is 241 g/mol. The van der Waals surface area contributed by atoms with Gasteiger partial charge in [-0.15, -0.1) is 0 Å². The quantitative estimate of drug-likeness (QED) is 0.766. The first-order valence-electron chi connectivity index (χ1n) is 5.63. The predicted octanol–water partition coefficient (Wildman–Crippen LogP) is 3.78. The number of hydrogen-bond donors (Lipinski definition) is 0. The van der Waals surface area contributed by atoms with Crippen LogP contribution in [0.1, 0.15) is 31.2 Å². The summed E-state index contributed by atoms with van der Waals surface area (Å²) in [7, 11) is 0. The molecule has 3 heteroatoms. The molecule has 1 aromatic carbocycles. The molecular formula is C13H14ClFO. The van der Waals surface area contributed by atoms with Crippen molar-refractivity contribution in [2.24, 2.45) is 5.92 Å². The lowest BCUT2D eigenvalue weighted by Gasteiger charge is -2.02. The van der Waals surface area contributed by atoms with Crippen molar-refractivity contribution in [2.45, 2.75) is 32.1 Å². The molecule has 0 unspecified atom stereocenters. The normalized spacial score (nSPS) is 15.1. The largest absolute Gasteiger partial charge is 0.299 e. The minimum absolute atomic E-state index is 0.151. The lowest BCUT2D eigenvalue weighted by molar-refractivity contribution is -0.120. The van der Waals surface area contributed by atoms with Crippen molar-refractivity contribution < 1.29 is 9.18 Å². The molecule has 0 aliphatic heterocycles. The molecule has 0 saturated heterocycles. The van der Waals surface area contributed by atoms with Crippen LogP contribution in [0.25, 0.3) is 0 Å². The Hall–Kier alpha value is -0.890. The molecule has 0 radical (unpaired) electrons. The van der Waals surface area contributed by atoms with Crippen molar-refractivity contribution in [3.8, 4) is 0 Å². The summed E-state index contributed by atoms with van der Waals surface area (Å²) < 4.78 is 13.1. The first kappa shape index (κ1) is 11.6. The molecule has 0 aromatic heterocycles. The van der Waals surface area contributed by atoms with Crippen LogP contribution in [-0.2, 0) is 11.2 Å². The van der Waals surface area contributed by atoms with Gasteiger partial charge in [-0.3, -0.25) is 4.79 Å². The van der Waals surface area contributed by atoms with E-state index in [1.165, 1.54) is 6.07 Å². The van der Waals surface area contributed by atoms with Crippen molar-refractivity contribution in [1.29, 1.82) is 0 Å². The van der Waals surface area contributed by atoms with Crippen molar-refractivity contribution in [3.63, 3.8) is 0 Å². The molecule has 0 N–H and O–H groups in total. The average Bonchev–Trinajstić information content (AvgIpc) is 3.07. The van der Waals surface area contributed by atoms with E-state index >= 15 is 0 Å². The summed E-state index contributed by atoms with van der Waals surface area (Å²) in [5.74, 6) is 0.323. The molecular weight excluding hydrogens is 227 g/mol. The Morgan fingerprint density at radius 1 is 1.44 bits per heavy atom. The molecule has 1 aliphatic carbocycles. The molecule has 1 nitrogen and oxygen atoms in total. The Kier molecular flexibility index (Phi) is 3.59. The number of aryl methyl sites for hydroxylation is 1. The van der Waals surface area contributed by atoms with E-state index in [0.29, 0.717) is 18.1 Å². The van der Waals surface area contributed by atoms with E-state index in [9.17, 15) is 9.18 Å². The van der Waals surface area contributed by atoms with Gasteiger partial charge in [0.25, 0.3) is 0 Å². The third-order valence-electron chi connectivity index (χ3n) is 2.91. The van der Waals surface area contributed by atoms with Gasteiger partial charge in [0.05, 0.1) is 5.02 Å². The molecule has 1 aromatic rings. The van der Waals surface area contributed by atoms with Gasteiger partial charge in [-0.25, -0.2) is 4.39 Å². The second-order valence-corrected chi connectivity index (χ2v) is 4.75. The molecule has 1 aliphatic rings. The number of halogens is 2. The third-order valence-corrected chi connectivity index (χ3v) is 3.21. The van der Waals surface area contributed by atoms with Crippen LogP contribution >= 0.6 is 11.6 Å². The monoisotopic (exact) mass is 240 g/mol. The second-order valence-electron chi connectivity index (χ2n) is 4.34. The Bertz CT molecular complexity index is 399. The number of Topliss-reactive ketones (excluding diaryl/α,β-unsaturated/α-hetero) is 1. The van der Waals surface area contributed by atoms with E-state index in [1.54, 1.807) is 6.07 Å². The molecule has 1 fully saturated rings. The smallest absolute Gasteiger partial charge is 0.142 e. The summed E-state index contributed by atoms with van der Waals surface area (Å²) >= 11 is 5.59. The lowest BCUT2D eigenvalue weighted by atomic mass is 10.0. The Labute approximate surface area is 99.6 Å². The second kappa shape index (κ2) is 4.96. The molecule has 0 heterocycles. The van der Waals surface area contributed by atoms with E-state index < -0.39 is 0 Å². The van der Waals surface area contributed by atoms with Gasteiger partial charge in [0.2, 0.25) is 0 Å². The van der Waals surface area contributed by atoms with Crippen LogP contribution in [-0.4, -0.2) is 5.78 Å². The van der Waals surface area contributed by atoms with Crippen LogP contribution in [0.2, 0.25) is 5.02 Å². The molecule has 2 rings (SSSR count). The topological polar surface area (TPSA) is 17.1 Å². The minimum Gasteiger partial charge on any atom is -0.299 e. The zero-order valence-corrected chi connectivity index (χ0v) is 9.77. The van der Waals surface area contributed by atoms with E-state index in [0.717, 1.165) is 31.2 Å². The first-order valence-corrected chi connectivity index (χ1v) is 6.01. The summed E-state index contributed by atoms with van der Waals surface area (Å²) in [6, 6.07) is 4.83. The van der Waals surface area contributed by atoms with Crippen molar-refractivity contribution >= 4 is 17.4 Å². The van der Waals surface area contributed by atoms with E-state index in [2.05, 4.69) is 0 Å². The molecule has 16 heavy (non-hydrogen) atoms. The fourth-order valence-electron chi connectivity index (χ4n) is 1.77. The van der Waals surface area contributed by atoms with Crippen molar-refractivity contribution in [2.75, 3.05) is 0 Å². The summed E-state index contributed by atoms with van der Waals surface area (Å²) in [5.41, 5.74) is 0.908. The highest BCUT2D eigenvalue weighted by Gasteiger charge is 2.28. The molecule has 0 spiro atoms. The molecule has 1 saturated carbocycles. The Balaban J connectivity index is 1.80. The number of rotatable bonds is 5. The highest BCUT2D eigenvalue weighted by atomic mass is 35.5. The molecule has 0 amide bonds. The fourth-order valence-corrected chi connectivity index (χ4v) is 1.89. The van der Waals surface area contributed by atoms with Gasteiger partial charge in [0.1, 0.15) is 11.6 Å². The van der Waals surface area contributed by atoms with Gasteiger partial charge < -0.3 is 0 Å². The third kappa shape index (κ3) is 3.05. The van der Waals surface area contributed by atoms with Crippen molar-refractivity contribution in [3.05, 3.63) is 34.6 Å². The number of hydrogen-bond acceptors (Lipinski definition) is 1. The number of carbonyl (C=O) groups excluding carboxylic acids is 1. The summed E-state index contributed by atoms with van der Waals surface area (Å²) in [4.78, 5) is 11.4. The molecule has 0 bridgehead atoms. The van der Waals surface area contributed by atoms with Crippen molar-refractivity contribution in [1.82, 2.24) is 0 Å². The van der Waals surface area contributed by atoms with Crippen LogP contribution in [0, 0.1) is 11.7 Å². The van der Waals surface area contributed by atoms with Gasteiger partial charge >= 0.3 is 0 Å². The standard InChI is InChI=1S/C13H14ClFO/c14-11-7-4-9(8-12(11)15)2-1-3-13(16)10-5-6-10/h4,7-8,10H,1-3,5-6H2. The van der Waals surface area contributed by atoms with Gasteiger partial charge in [-0.2, -0.15) is 0 Å². The number of ketones is 1. The maximum atomic E-state index is 13.1. The lowest BCUT2D eigenvalue weighted by Crippen LogP contribution is -2.00. The summed E-state index contributed by atoms with van der Waals surface area (Å²) in [6.45, 7) is 0. The first-order chi connectivity index (χ1) is 7.66. The highest BCUT2D eigenvalue weighted by molar-refractivity contribution is 6.30. The van der Waals surface area contributed by atoms with Crippen LogP contribution in [0.15, 0.2) is 18.2 Å². The number of carbonyl (C=O) groups is 1. The van der Waals surface area contributed by atoms with E-state index in [1.807, 2.05) is 6.07 Å². The molecule has 0 atom stereocenters. The number of benzene rings is 1. The zero-order chi connectivity index (χ0) is 11.5. The zero-order valence-electron chi connectivity index (χ0n) is 9.01. The van der Waals surface area contributed by atoms with E-state index in [4.69, 9.17) is 11.6 Å². The van der Waals surface area contributed by atoms with Crippen LogP contribution < -0.4 is 0 Å². The Morgan fingerprint density at radius 2 is 2.19 bits per heavy atom. The maximum absolute atomic E-state index is 13.1. The predicted molar refractivity (Wildman–Crippen MR) is 62.1 cm³/mol. The Morgan fingerprint density at radius 3 is 2.81 bits per heavy atom. The maximum Gasteiger partial charge on any atom is 0.142 e. The van der Waals surface area contributed by atoms with Crippen LogP contribution in [0.4, 0.5) is 4.39 Å². The van der Waals surface area contributed by atoms with Gasteiger partial charge in [0, 0.05) is 12.3 Å². The molecule has 86 valence electrons. The summed E-state index contributed by atoms with van der Waals surface area (Å²) in [5, 5.41) is 0.151. The van der Waals surface area contributed by atoms with Gasteiger partial charge in [-0.05, 0) is 43.4 Å². The SMILES string of the molecule is O=C(CCCc1ccc(Cl)c(F)c1)C1CC1. The minimum atomic E-state index is -0.382. The highest BCUT2D eigenvalue weighted by Crippen LogP contribution is 2.31.